The van der Waals surface area contributed by atoms with Crippen LogP contribution in [0.1, 0.15) is 18.4 Å². The molecule has 2 N–H and O–H groups in total. The summed E-state index contributed by atoms with van der Waals surface area (Å²) >= 11 is 0. The van der Waals surface area contributed by atoms with Crippen LogP contribution in [0.15, 0.2) is 24.3 Å². The van der Waals surface area contributed by atoms with E-state index in [4.69, 9.17) is 10.5 Å². The van der Waals surface area contributed by atoms with Gasteiger partial charge in [0.1, 0.15) is 5.75 Å². The van der Waals surface area contributed by atoms with Gasteiger partial charge in [-0.2, -0.15) is 0 Å². The summed E-state index contributed by atoms with van der Waals surface area (Å²) < 4.78 is 29.0. The first-order valence-corrected chi connectivity index (χ1v) is 7.82. The van der Waals surface area contributed by atoms with E-state index in [-0.39, 0.29) is 22.8 Å². The molecule has 0 saturated heterocycles. The quantitative estimate of drug-likeness (QED) is 0.871. The minimum absolute atomic E-state index is 0.0471. The molecule has 2 rings (SSSR count). The number of ether oxygens (including phenoxy) is 1. The fraction of sp³-hybridized carbons (Fsp3) is 0.538. The minimum Gasteiger partial charge on any atom is -0.497 e. The molecule has 0 amide bonds. The lowest BCUT2D eigenvalue weighted by molar-refractivity contribution is 0.414. The second-order valence-corrected chi connectivity index (χ2v) is 7.06. The maximum atomic E-state index is 12.0. The normalized spacial score (nSPS) is 26.9. The van der Waals surface area contributed by atoms with Crippen LogP contribution in [0.3, 0.4) is 0 Å². The van der Waals surface area contributed by atoms with Gasteiger partial charge in [0, 0.05) is 11.7 Å². The van der Waals surface area contributed by atoms with E-state index in [9.17, 15) is 8.42 Å². The van der Waals surface area contributed by atoms with E-state index in [1.807, 2.05) is 24.3 Å². The van der Waals surface area contributed by atoms with Gasteiger partial charge < -0.3 is 10.5 Å². The standard InChI is InChI=1S/C13H19NO3S/c1-3-18(15,16)13-11(8-14)12(13)9-4-6-10(17-2)7-5-9/h4-7,11-13H,3,8,14H2,1-2H3/t11-,12-,13+/m0/s1. The smallest absolute Gasteiger partial charge is 0.153 e. The summed E-state index contributed by atoms with van der Waals surface area (Å²) in [5.41, 5.74) is 6.71. The first-order chi connectivity index (χ1) is 8.55. The van der Waals surface area contributed by atoms with Gasteiger partial charge in [0.15, 0.2) is 9.84 Å². The Morgan fingerprint density at radius 1 is 1.28 bits per heavy atom. The average molecular weight is 269 g/mol. The second-order valence-electron chi connectivity index (χ2n) is 4.61. The van der Waals surface area contributed by atoms with Crippen molar-refractivity contribution in [1.82, 2.24) is 0 Å². The molecule has 1 aromatic rings. The van der Waals surface area contributed by atoms with Gasteiger partial charge in [-0.05, 0) is 30.2 Å². The molecule has 0 bridgehead atoms. The summed E-state index contributed by atoms with van der Waals surface area (Å²) in [6, 6.07) is 7.57. The van der Waals surface area contributed by atoms with Crippen LogP contribution >= 0.6 is 0 Å². The summed E-state index contributed by atoms with van der Waals surface area (Å²) in [6.45, 7) is 2.10. The molecule has 1 aromatic carbocycles. The Hall–Kier alpha value is -1.07. The average Bonchev–Trinajstić information content (AvgIpc) is 3.14. The Labute approximate surface area is 108 Å². The van der Waals surface area contributed by atoms with E-state index < -0.39 is 9.84 Å². The molecule has 1 aliphatic carbocycles. The monoisotopic (exact) mass is 269 g/mol. The molecule has 0 unspecified atom stereocenters. The fourth-order valence-electron chi connectivity index (χ4n) is 2.57. The highest BCUT2D eigenvalue weighted by atomic mass is 32.2. The topological polar surface area (TPSA) is 69.4 Å². The third-order valence-corrected chi connectivity index (χ3v) is 5.96. The van der Waals surface area contributed by atoms with Crippen LogP contribution in [0, 0.1) is 5.92 Å². The summed E-state index contributed by atoms with van der Waals surface area (Å²) in [6.07, 6.45) is 0. The molecular weight excluding hydrogens is 250 g/mol. The zero-order chi connectivity index (χ0) is 13.3. The Morgan fingerprint density at radius 3 is 2.33 bits per heavy atom. The zero-order valence-electron chi connectivity index (χ0n) is 10.7. The fourth-order valence-corrected chi connectivity index (χ4v) is 4.48. The van der Waals surface area contributed by atoms with E-state index in [1.54, 1.807) is 14.0 Å². The highest BCUT2D eigenvalue weighted by molar-refractivity contribution is 7.92. The summed E-state index contributed by atoms with van der Waals surface area (Å²) in [7, 11) is -1.40. The molecule has 5 heteroatoms. The molecule has 0 heterocycles. The molecule has 1 fully saturated rings. The van der Waals surface area contributed by atoms with E-state index in [0.717, 1.165) is 11.3 Å². The van der Waals surface area contributed by atoms with Crippen molar-refractivity contribution in [3.05, 3.63) is 29.8 Å². The van der Waals surface area contributed by atoms with Crippen LogP contribution in [0.4, 0.5) is 0 Å². The van der Waals surface area contributed by atoms with Gasteiger partial charge in [0.25, 0.3) is 0 Å². The van der Waals surface area contributed by atoms with Crippen LogP contribution in [-0.2, 0) is 9.84 Å². The molecule has 0 aromatic heterocycles. The molecule has 0 spiro atoms. The molecule has 1 saturated carbocycles. The Morgan fingerprint density at radius 2 is 1.89 bits per heavy atom. The highest BCUT2D eigenvalue weighted by Crippen LogP contribution is 2.52. The van der Waals surface area contributed by atoms with Gasteiger partial charge in [-0.1, -0.05) is 19.1 Å². The Bertz CT molecular complexity index is 510. The van der Waals surface area contributed by atoms with Crippen molar-refractivity contribution in [2.75, 3.05) is 19.4 Å². The molecule has 3 atom stereocenters. The number of hydrogen-bond donors (Lipinski definition) is 1. The second kappa shape index (κ2) is 4.90. The number of rotatable bonds is 5. The minimum atomic E-state index is -3.01. The van der Waals surface area contributed by atoms with Crippen molar-refractivity contribution in [2.45, 2.75) is 18.1 Å². The SMILES string of the molecule is CCS(=O)(=O)[C@@H]1[C@@H](CN)[C@@H]1c1ccc(OC)cc1. The van der Waals surface area contributed by atoms with Gasteiger partial charge >= 0.3 is 0 Å². The molecule has 1 aliphatic rings. The van der Waals surface area contributed by atoms with E-state index in [0.29, 0.717) is 6.54 Å². The number of sulfone groups is 1. The van der Waals surface area contributed by atoms with Gasteiger partial charge in [-0.25, -0.2) is 8.42 Å². The largest absolute Gasteiger partial charge is 0.497 e. The van der Waals surface area contributed by atoms with Crippen molar-refractivity contribution in [2.24, 2.45) is 11.7 Å². The predicted octanol–water partition coefficient (Wildman–Crippen LogP) is 1.17. The van der Waals surface area contributed by atoms with Crippen LogP contribution in [-0.4, -0.2) is 33.1 Å². The van der Waals surface area contributed by atoms with E-state index in [2.05, 4.69) is 0 Å². The number of hydrogen-bond acceptors (Lipinski definition) is 4. The van der Waals surface area contributed by atoms with Crippen molar-refractivity contribution in [3.63, 3.8) is 0 Å². The Balaban J connectivity index is 2.23. The summed E-state index contributed by atoms with van der Waals surface area (Å²) in [4.78, 5) is 0. The third-order valence-electron chi connectivity index (χ3n) is 3.69. The van der Waals surface area contributed by atoms with Crippen LogP contribution in [0.5, 0.6) is 5.75 Å². The van der Waals surface area contributed by atoms with Gasteiger partial charge in [0.2, 0.25) is 0 Å². The van der Waals surface area contributed by atoms with Gasteiger partial charge in [0.05, 0.1) is 12.4 Å². The number of methoxy groups -OCH3 is 1. The first kappa shape index (κ1) is 13.4. The lowest BCUT2D eigenvalue weighted by Crippen LogP contribution is -2.15. The molecule has 4 nitrogen and oxygen atoms in total. The van der Waals surface area contributed by atoms with Gasteiger partial charge in [-0.3, -0.25) is 0 Å². The van der Waals surface area contributed by atoms with Crippen LogP contribution in [0.2, 0.25) is 0 Å². The molecule has 0 aliphatic heterocycles. The molecule has 100 valence electrons. The van der Waals surface area contributed by atoms with Crippen molar-refractivity contribution in [1.29, 1.82) is 0 Å². The van der Waals surface area contributed by atoms with Crippen LogP contribution < -0.4 is 10.5 Å². The van der Waals surface area contributed by atoms with E-state index in [1.165, 1.54) is 0 Å². The van der Waals surface area contributed by atoms with Crippen molar-refractivity contribution in [3.8, 4) is 5.75 Å². The predicted molar refractivity (Wildman–Crippen MR) is 71.5 cm³/mol. The maximum absolute atomic E-state index is 12.0. The lowest BCUT2D eigenvalue weighted by atomic mass is 10.1. The van der Waals surface area contributed by atoms with E-state index >= 15 is 0 Å². The van der Waals surface area contributed by atoms with Crippen molar-refractivity contribution >= 4 is 9.84 Å². The van der Waals surface area contributed by atoms with Crippen LogP contribution in [0.25, 0.3) is 0 Å². The summed E-state index contributed by atoms with van der Waals surface area (Å²) in [5, 5.41) is -0.305. The summed E-state index contributed by atoms with van der Waals surface area (Å²) in [5.74, 6) is 1.06. The number of nitrogens with two attached hydrogens (primary N) is 1. The highest BCUT2D eigenvalue weighted by Gasteiger charge is 2.56. The molecular formula is C13H19NO3S. The number of benzene rings is 1. The molecule has 18 heavy (non-hydrogen) atoms. The Kier molecular flexibility index (Phi) is 3.64. The van der Waals surface area contributed by atoms with Gasteiger partial charge in [-0.15, -0.1) is 0 Å². The first-order valence-electron chi connectivity index (χ1n) is 6.10. The molecule has 0 radical (unpaired) electrons. The maximum Gasteiger partial charge on any atom is 0.153 e. The zero-order valence-corrected chi connectivity index (χ0v) is 11.5. The third kappa shape index (κ3) is 2.24. The van der Waals surface area contributed by atoms with Crippen molar-refractivity contribution < 1.29 is 13.2 Å². The lowest BCUT2D eigenvalue weighted by Gasteiger charge is -2.03.